The monoisotopic (exact) mass is 959 g/mol. The number of carbonyl (C=O) groups is 5. The predicted octanol–water partition coefficient (Wildman–Crippen LogP) is 4.00. The zero-order chi connectivity index (χ0) is 46.1. The van der Waals surface area contributed by atoms with Crippen molar-refractivity contribution in [3.05, 3.63) is 53.4 Å². The predicted molar refractivity (Wildman–Crippen MR) is 233 cm³/mol. The molecule has 17 heteroatoms. The molecule has 0 spiro atoms. The molecule has 11 atom stereocenters. The number of allylic oxidation sites excluding steroid dienone is 2. The van der Waals surface area contributed by atoms with Gasteiger partial charge in [0.2, 0.25) is 17.7 Å². The minimum absolute atomic E-state index is 0.00431. The molecule has 1 unspecified atom stereocenters. The molecule has 0 bridgehead atoms. The van der Waals surface area contributed by atoms with E-state index < -0.39 is 89.0 Å². The smallest absolute Gasteiger partial charge is 0.305 e. The van der Waals surface area contributed by atoms with Gasteiger partial charge in [-0.05, 0) is 87.7 Å². The van der Waals surface area contributed by atoms with Gasteiger partial charge >= 0.3 is 5.97 Å². The van der Waals surface area contributed by atoms with Crippen LogP contribution in [0.1, 0.15) is 104 Å². The van der Waals surface area contributed by atoms with Crippen LogP contribution in [0.2, 0.25) is 0 Å². The normalized spacial score (nSPS) is 35.5. The quantitative estimate of drug-likeness (QED) is 0.0788. The summed E-state index contributed by atoms with van der Waals surface area (Å²) < 4.78 is 40.6. The molecular weight excluding hydrogens is 897 g/mol. The van der Waals surface area contributed by atoms with Crippen molar-refractivity contribution in [3.8, 4) is 5.75 Å². The number of ether oxygens (including phenoxy) is 4. The van der Waals surface area contributed by atoms with Gasteiger partial charge in [-0.15, -0.1) is 0 Å². The van der Waals surface area contributed by atoms with Gasteiger partial charge in [0, 0.05) is 40.8 Å². The number of amides is 3. The van der Waals surface area contributed by atoms with E-state index in [1.54, 1.807) is 12.1 Å². The number of alkyl halides is 1. The Kier molecular flexibility index (Phi) is 14.8. The molecule has 3 amide bonds. The van der Waals surface area contributed by atoms with Crippen LogP contribution in [-0.2, 0) is 38.2 Å². The highest BCUT2D eigenvalue weighted by Gasteiger charge is 2.76. The Morgan fingerprint density at radius 2 is 1.80 bits per heavy atom. The van der Waals surface area contributed by atoms with E-state index in [-0.39, 0.29) is 84.9 Å². The number of benzene rings is 1. The lowest BCUT2D eigenvalue weighted by atomic mass is 9.46. The van der Waals surface area contributed by atoms with Gasteiger partial charge in [-0.1, -0.05) is 67.4 Å². The average Bonchev–Trinajstić information content (AvgIpc) is 3.76. The van der Waals surface area contributed by atoms with Gasteiger partial charge in [-0.2, -0.15) is 0 Å². The Labute approximate surface area is 381 Å². The Balaban J connectivity index is 0.959. The van der Waals surface area contributed by atoms with Crippen LogP contribution >= 0.6 is 15.9 Å². The maximum atomic E-state index is 16.1. The average molecular weight is 961 g/mol. The first kappa shape index (κ1) is 48.2. The zero-order valence-electron chi connectivity index (χ0n) is 37.0. The molecule has 5 aliphatic carbocycles. The lowest BCUT2D eigenvalue weighted by Crippen LogP contribution is -2.63. The molecule has 5 fully saturated rings. The molecule has 1 heterocycles. The van der Waals surface area contributed by atoms with Crippen molar-refractivity contribution in [1.82, 2.24) is 16.0 Å². The topological polar surface area (TPSA) is 219 Å². The summed E-state index contributed by atoms with van der Waals surface area (Å²) in [6, 6.07) is 3.11. The van der Waals surface area contributed by atoms with E-state index in [2.05, 4.69) is 38.8 Å². The molecular formula is C47H63BrFN3O12. The maximum absolute atomic E-state index is 16.1. The fraction of sp³-hybridized carbons (Fsp3) is 0.681. The van der Waals surface area contributed by atoms with Gasteiger partial charge in [0.1, 0.15) is 24.2 Å². The first-order valence-electron chi connectivity index (χ1n) is 22.7. The second-order valence-corrected chi connectivity index (χ2v) is 20.0. The molecule has 6 aliphatic rings. The van der Waals surface area contributed by atoms with Gasteiger partial charge < -0.3 is 50.2 Å². The first-order valence-corrected chi connectivity index (χ1v) is 23.8. The number of aliphatic hydroxyl groups excluding tert-OH is 3. The first-order chi connectivity index (χ1) is 30.4. The number of esters is 1. The van der Waals surface area contributed by atoms with Gasteiger partial charge in [-0.25, -0.2) is 4.39 Å². The van der Waals surface area contributed by atoms with E-state index in [9.17, 15) is 39.3 Å². The minimum atomic E-state index is -1.61. The number of hydrogen-bond acceptors (Lipinski definition) is 12. The highest BCUT2D eigenvalue weighted by atomic mass is 79.9. The van der Waals surface area contributed by atoms with E-state index in [4.69, 9.17) is 18.9 Å². The van der Waals surface area contributed by atoms with Crippen LogP contribution in [0, 0.1) is 40.3 Å². The van der Waals surface area contributed by atoms with Crippen molar-refractivity contribution in [3.63, 3.8) is 0 Å². The number of aliphatic hydroxyl groups is 3. The molecule has 1 aliphatic heterocycles. The van der Waals surface area contributed by atoms with Gasteiger partial charge in [-0.3, -0.25) is 24.0 Å². The van der Waals surface area contributed by atoms with Crippen LogP contribution in [0.5, 0.6) is 5.75 Å². The summed E-state index contributed by atoms with van der Waals surface area (Å²) in [5.41, 5.74) is -1.78. The van der Waals surface area contributed by atoms with Crippen molar-refractivity contribution < 1.29 is 62.6 Å². The van der Waals surface area contributed by atoms with Crippen LogP contribution in [-0.4, -0.2) is 112 Å². The van der Waals surface area contributed by atoms with Crippen LogP contribution in [0.25, 0.3) is 0 Å². The van der Waals surface area contributed by atoms with Gasteiger partial charge in [0.15, 0.2) is 17.7 Å². The summed E-state index contributed by atoms with van der Waals surface area (Å²) in [6.07, 6.45) is 6.13. The molecule has 64 heavy (non-hydrogen) atoms. The molecule has 0 aromatic heterocycles. The number of carbonyl (C=O) groups excluding carboxylic acids is 5. The number of Topliss-reactive ketones (excluding diaryl/α,β-unsaturated/α-hetero) is 1. The fourth-order valence-electron chi connectivity index (χ4n) is 11.9. The second kappa shape index (κ2) is 19.6. The van der Waals surface area contributed by atoms with Crippen LogP contribution < -0.4 is 20.7 Å². The van der Waals surface area contributed by atoms with Crippen molar-refractivity contribution in [1.29, 1.82) is 0 Å². The lowest BCUT2D eigenvalue weighted by Gasteiger charge is -2.60. The van der Waals surface area contributed by atoms with E-state index in [1.807, 2.05) is 32.9 Å². The van der Waals surface area contributed by atoms with Crippen molar-refractivity contribution in [2.24, 2.45) is 34.5 Å². The summed E-state index contributed by atoms with van der Waals surface area (Å²) in [5, 5.41) is 40.7. The SMILES string of the molecule is CC(C)COC(=O)CC[C@H](NC(=O)CNC(=O)CBr)C(=O)NC1CCC(Oc2ccc([C@@H]3O[C@@H]4C[C@H]5[C@@H]6CCC7=CC(O)C=C[C@]7(C)[C@H]6[C@@H](O)C[C@]5(C)[C@]4(C(=O)CO)O3)c(F)c2)CC1. The lowest BCUT2D eigenvalue weighted by molar-refractivity contribution is -0.201. The van der Waals surface area contributed by atoms with Crippen LogP contribution in [0.4, 0.5) is 4.39 Å². The van der Waals surface area contributed by atoms with Crippen molar-refractivity contribution >= 4 is 45.4 Å². The Morgan fingerprint density at radius 3 is 2.48 bits per heavy atom. The minimum Gasteiger partial charge on any atom is -0.490 e. The van der Waals surface area contributed by atoms with Gasteiger partial charge in [0.05, 0.1) is 42.9 Å². The summed E-state index contributed by atoms with van der Waals surface area (Å²) in [5.74, 6) is -2.93. The van der Waals surface area contributed by atoms with Crippen molar-refractivity contribution in [2.45, 2.75) is 140 Å². The Bertz CT molecular complexity index is 2010. The number of ketones is 1. The van der Waals surface area contributed by atoms with Gasteiger partial charge in [0.25, 0.3) is 0 Å². The molecule has 15 nitrogen and oxygen atoms in total. The number of fused-ring (bicyclic) bond motifs is 7. The number of halogens is 2. The zero-order valence-corrected chi connectivity index (χ0v) is 38.6. The molecule has 4 saturated carbocycles. The highest BCUT2D eigenvalue weighted by molar-refractivity contribution is 9.09. The number of rotatable bonds is 16. The molecule has 7 rings (SSSR count). The highest BCUT2D eigenvalue weighted by Crippen LogP contribution is 2.70. The molecule has 0 radical (unpaired) electrons. The summed E-state index contributed by atoms with van der Waals surface area (Å²) in [4.78, 5) is 63.9. The third-order valence-electron chi connectivity index (χ3n) is 14.9. The largest absolute Gasteiger partial charge is 0.490 e. The van der Waals surface area contributed by atoms with E-state index in [0.29, 0.717) is 32.1 Å². The van der Waals surface area contributed by atoms with Crippen molar-refractivity contribution in [2.75, 3.05) is 25.1 Å². The third kappa shape index (κ3) is 9.44. The summed E-state index contributed by atoms with van der Waals surface area (Å²) in [7, 11) is 0. The van der Waals surface area contributed by atoms with E-state index >= 15 is 4.39 Å². The molecule has 1 saturated heterocycles. The Hall–Kier alpha value is -3.74. The molecule has 352 valence electrons. The van der Waals surface area contributed by atoms with Crippen LogP contribution in [0.15, 0.2) is 42.0 Å². The maximum Gasteiger partial charge on any atom is 0.305 e. The summed E-state index contributed by atoms with van der Waals surface area (Å²) in [6.45, 7) is 6.97. The van der Waals surface area contributed by atoms with E-state index in [1.165, 1.54) is 12.1 Å². The summed E-state index contributed by atoms with van der Waals surface area (Å²) >= 11 is 3.02. The fourth-order valence-corrected chi connectivity index (χ4v) is 12.1. The molecule has 1 aromatic carbocycles. The molecule has 6 N–H and O–H groups in total. The van der Waals surface area contributed by atoms with Crippen LogP contribution in [0.3, 0.4) is 0 Å². The van der Waals surface area contributed by atoms with E-state index in [0.717, 1.165) is 18.4 Å². The molecule has 1 aromatic rings. The number of nitrogens with one attached hydrogen (secondary N) is 3. The number of hydrogen-bond donors (Lipinski definition) is 6. The Morgan fingerprint density at radius 1 is 1.05 bits per heavy atom. The standard InChI is InChI=1S/C47H63BrFN3O12/c1-25(2)24-61-41(59)14-13-35(52-40(58)22-50-39(57)21-48)43(60)51-27-6-8-29(9-7-27)62-30-10-12-32(34(49)18-30)44-63-38-19-33-31-11-5-26-17-28(54)15-16-45(26,3)42(31)36(55)20-46(33,4)47(38,64-44)37(56)23-53/h10,12,15-18,25,27-29,31,33,35-36,38,42,44,53-55H,5-9,11,13-14,19-24H2,1-4H3,(H,50,57)(H,51,60)(H,52,58)/t27?,28?,29?,31-,33-,35-,36-,38+,42+,44+,45-,46-,47+/m0/s1. The third-order valence-corrected chi connectivity index (χ3v) is 15.4. The second-order valence-electron chi connectivity index (χ2n) is 19.4.